The van der Waals surface area contributed by atoms with Gasteiger partial charge in [-0.05, 0) is 0 Å². The second kappa shape index (κ2) is 2.79. The van der Waals surface area contributed by atoms with Crippen molar-refractivity contribution in [2.45, 2.75) is 0 Å². The average molecular weight is 159 g/mol. The molecule has 1 amide bonds. The number of hydroxylamine groups is 2. The quantitative estimate of drug-likeness (QED) is 0.563. The molecule has 0 unspecified atom stereocenters. The van der Waals surface area contributed by atoms with Gasteiger partial charge in [0.25, 0.3) is 0 Å². The van der Waals surface area contributed by atoms with Crippen LogP contribution in [0.5, 0.6) is 0 Å². The number of rotatable bonds is 2. The molecule has 11 heavy (non-hydrogen) atoms. The van der Waals surface area contributed by atoms with E-state index < -0.39 is 5.91 Å². The molecule has 0 aromatic carbocycles. The highest BCUT2D eigenvalue weighted by atomic mass is 16.6. The Labute approximate surface area is 63.8 Å². The fourth-order valence-electron chi connectivity index (χ4n) is 0.875. The van der Waals surface area contributed by atoms with E-state index >= 15 is 0 Å². The van der Waals surface area contributed by atoms with Crippen LogP contribution >= 0.6 is 0 Å². The third-order valence-corrected chi connectivity index (χ3v) is 1.43. The number of hydrogen-bond donors (Lipinski definition) is 1. The van der Waals surface area contributed by atoms with Crippen molar-refractivity contribution in [2.75, 3.05) is 20.8 Å². The van der Waals surface area contributed by atoms with Crippen molar-refractivity contribution in [3.8, 4) is 0 Å². The smallest absolute Gasteiger partial charge is 0.316 e. The second-order valence-electron chi connectivity index (χ2n) is 2.02. The van der Waals surface area contributed by atoms with Gasteiger partial charge in [0.05, 0.1) is 14.2 Å². The van der Waals surface area contributed by atoms with E-state index in [-0.39, 0.29) is 12.3 Å². The Kier molecular flexibility index (Phi) is 2.00. The molecule has 1 aliphatic heterocycles. The summed E-state index contributed by atoms with van der Waals surface area (Å²) in [6, 6.07) is 0. The van der Waals surface area contributed by atoms with Crippen molar-refractivity contribution in [1.29, 1.82) is 0 Å². The maximum atomic E-state index is 10.9. The molecule has 5 heteroatoms. The third kappa shape index (κ3) is 1.14. The second-order valence-corrected chi connectivity index (χ2v) is 2.02. The zero-order valence-corrected chi connectivity index (χ0v) is 6.33. The molecule has 1 rings (SSSR count). The molecule has 0 aromatic rings. The van der Waals surface area contributed by atoms with Crippen LogP contribution in [0.15, 0.2) is 11.5 Å². The van der Waals surface area contributed by atoms with Crippen LogP contribution in [0, 0.1) is 0 Å². The summed E-state index contributed by atoms with van der Waals surface area (Å²) in [5, 5.41) is 9.42. The summed E-state index contributed by atoms with van der Waals surface area (Å²) in [5.74, 6) is -0.153. The minimum Gasteiger partial charge on any atom is -0.495 e. The summed E-state index contributed by atoms with van der Waals surface area (Å²) in [4.78, 5) is 10.9. The van der Waals surface area contributed by atoms with Crippen LogP contribution in [-0.2, 0) is 14.3 Å². The van der Waals surface area contributed by atoms with E-state index in [1.807, 2.05) is 0 Å². The van der Waals surface area contributed by atoms with E-state index in [1.165, 1.54) is 14.2 Å². The number of carbonyl (C=O) groups is 1. The molecule has 5 nitrogen and oxygen atoms in total. The number of nitrogens with zero attached hydrogens (tertiary/aromatic N) is 1. The molecule has 1 aliphatic rings. The molecule has 1 N–H and O–H groups in total. The van der Waals surface area contributed by atoms with Crippen LogP contribution < -0.4 is 0 Å². The first kappa shape index (κ1) is 7.87. The summed E-state index contributed by atoms with van der Waals surface area (Å²) in [6.45, 7) is 0.0541. The summed E-state index contributed by atoms with van der Waals surface area (Å²) in [6.07, 6.45) is 0. The summed E-state index contributed by atoms with van der Waals surface area (Å²) in [5.41, 5.74) is 0. The van der Waals surface area contributed by atoms with Gasteiger partial charge in [0, 0.05) is 0 Å². The van der Waals surface area contributed by atoms with E-state index in [0.29, 0.717) is 10.8 Å². The molecule has 0 radical (unpaired) electrons. The number of hydrogen-bond acceptors (Lipinski definition) is 4. The molecule has 0 bridgehead atoms. The van der Waals surface area contributed by atoms with Gasteiger partial charge in [-0.25, -0.2) is 5.06 Å². The molecule has 0 atom stereocenters. The summed E-state index contributed by atoms with van der Waals surface area (Å²) >= 11 is 0. The third-order valence-electron chi connectivity index (χ3n) is 1.43. The molecule has 0 saturated carbocycles. The first-order valence-electron chi connectivity index (χ1n) is 3.02. The van der Waals surface area contributed by atoms with Gasteiger partial charge in [0.1, 0.15) is 6.54 Å². The normalized spacial score (nSPS) is 17.7. The minimum absolute atomic E-state index is 0.0541. The van der Waals surface area contributed by atoms with Crippen molar-refractivity contribution >= 4 is 5.91 Å². The molecule has 62 valence electrons. The lowest BCUT2D eigenvalue weighted by atomic mass is 10.4. The number of methoxy groups -OCH3 is 2. The molecular weight excluding hydrogens is 150 g/mol. The Morgan fingerprint density at radius 3 is 2.45 bits per heavy atom. The number of amides is 1. The van der Waals surface area contributed by atoms with E-state index in [9.17, 15) is 4.79 Å². The molecule has 0 aliphatic carbocycles. The average Bonchev–Trinajstić information content (AvgIpc) is 2.28. The Morgan fingerprint density at radius 1 is 1.45 bits per heavy atom. The van der Waals surface area contributed by atoms with Crippen molar-refractivity contribution in [3.05, 3.63) is 11.5 Å². The van der Waals surface area contributed by atoms with Gasteiger partial charge in [-0.1, -0.05) is 0 Å². The SMILES string of the molecule is COC1=C(OC)C(=O)N(O)C1. The van der Waals surface area contributed by atoms with Crippen LogP contribution in [0.25, 0.3) is 0 Å². The Bertz CT molecular complexity index is 211. The summed E-state index contributed by atoms with van der Waals surface area (Å²) in [7, 11) is 2.77. The lowest BCUT2D eigenvalue weighted by Crippen LogP contribution is -2.23. The summed E-state index contributed by atoms with van der Waals surface area (Å²) < 4.78 is 9.49. The monoisotopic (exact) mass is 159 g/mol. The van der Waals surface area contributed by atoms with Crippen molar-refractivity contribution in [2.24, 2.45) is 0 Å². The highest BCUT2D eigenvalue weighted by Gasteiger charge is 2.31. The van der Waals surface area contributed by atoms with E-state index in [2.05, 4.69) is 0 Å². The zero-order valence-electron chi connectivity index (χ0n) is 6.33. The molecular formula is C6H9NO4. The predicted octanol–water partition coefficient (Wildman–Crippen LogP) is -0.278. The van der Waals surface area contributed by atoms with Gasteiger partial charge in [0.15, 0.2) is 5.76 Å². The molecule has 1 heterocycles. The first-order valence-corrected chi connectivity index (χ1v) is 3.02. The van der Waals surface area contributed by atoms with Crippen molar-refractivity contribution in [3.63, 3.8) is 0 Å². The zero-order chi connectivity index (χ0) is 8.43. The van der Waals surface area contributed by atoms with Crippen LogP contribution in [0.3, 0.4) is 0 Å². The van der Waals surface area contributed by atoms with E-state index in [1.54, 1.807) is 0 Å². The van der Waals surface area contributed by atoms with E-state index in [4.69, 9.17) is 14.7 Å². The number of carbonyl (C=O) groups excluding carboxylic acids is 1. The van der Waals surface area contributed by atoms with Crippen molar-refractivity contribution < 1.29 is 19.5 Å². The number of ether oxygens (including phenoxy) is 2. The Balaban J connectivity index is 2.86. The van der Waals surface area contributed by atoms with Crippen LogP contribution in [0.2, 0.25) is 0 Å². The van der Waals surface area contributed by atoms with Gasteiger partial charge in [-0.15, -0.1) is 0 Å². The first-order chi connectivity index (χ1) is 5.20. The fourth-order valence-corrected chi connectivity index (χ4v) is 0.875. The van der Waals surface area contributed by atoms with Crippen LogP contribution in [0.1, 0.15) is 0 Å². The largest absolute Gasteiger partial charge is 0.495 e. The Hall–Kier alpha value is -1.23. The lowest BCUT2D eigenvalue weighted by molar-refractivity contribution is -0.158. The molecule has 0 spiro atoms. The molecule has 0 fully saturated rings. The van der Waals surface area contributed by atoms with Gasteiger partial charge >= 0.3 is 5.91 Å². The topological polar surface area (TPSA) is 59.0 Å². The highest BCUT2D eigenvalue weighted by molar-refractivity contribution is 5.93. The van der Waals surface area contributed by atoms with Gasteiger partial charge in [0.2, 0.25) is 5.76 Å². The highest BCUT2D eigenvalue weighted by Crippen LogP contribution is 2.17. The maximum absolute atomic E-state index is 10.9. The van der Waals surface area contributed by atoms with Crippen LogP contribution in [-0.4, -0.2) is 36.9 Å². The standard InChI is InChI=1S/C6H9NO4/c1-10-4-3-7(9)6(8)5(4)11-2/h9H,3H2,1-2H3. The van der Waals surface area contributed by atoms with Gasteiger partial charge in [-0.3, -0.25) is 10.0 Å². The minimum atomic E-state index is -0.565. The fraction of sp³-hybridized carbons (Fsp3) is 0.500. The lowest BCUT2D eigenvalue weighted by Gasteiger charge is -2.03. The predicted molar refractivity (Wildman–Crippen MR) is 34.5 cm³/mol. The van der Waals surface area contributed by atoms with Crippen molar-refractivity contribution in [1.82, 2.24) is 5.06 Å². The molecule has 0 saturated heterocycles. The van der Waals surface area contributed by atoms with E-state index in [0.717, 1.165) is 0 Å². The Morgan fingerprint density at radius 2 is 2.09 bits per heavy atom. The maximum Gasteiger partial charge on any atom is 0.316 e. The van der Waals surface area contributed by atoms with Crippen LogP contribution in [0.4, 0.5) is 0 Å². The molecule has 0 aromatic heterocycles. The van der Waals surface area contributed by atoms with Gasteiger partial charge < -0.3 is 9.47 Å². The van der Waals surface area contributed by atoms with Gasteiger partial charge in [-0.2, -0.15) is 0 Å².